The minimum absolute atomic E-state index is 0.260. The van der Waals surface area contributed by atoms with E-state index >= 15 is 0 Å². The first-order valence-electron chi connectivity index (χ1n) is 5.71. The van der Waals surface area contributed by atoms with E-state index in [1.807, 2.05) is 6.07 Å². The van der Waals surface area contributed by atoms with Crippen molar-refractivity contribution in [3.8, 4) is 0 Å². The van der Waals surface area contributed by atoms with Crippen molar-refractivity contribution in [3.05, 3.63) is 27.2 Å². The van der Waals surface area contributed by atoms with Crippen molar-refractivity contribution in [2.45, 2.75) is 25.8 Å². The predicted octanol–water partition coefficient (Wildman–Crippen LogP) is 4.57. The highest BCUT2D eigenvalue weighted by Gasteiger charge is 2.38. The van der Waals surface area contributed by atoms with E-state index < -0.39 is 0 Å². The van der Waals surface area contributed by atoms with Crippen molar-refractivity contribution in [1.82, 2.24) is 9.55 Å². The zero-order valence-corrected chi connectivity index (χ0v) is 11.7. The van der Waals surface area contributed by atoms with Gasteiger partial charge in [0.05, 0.1) is 15.5 Å². The average molecular weight is 315 g/mol. The number of fused-ring (bicyclic) bond motifs is 1. The quantitative estimate of drug-likeness (QED) is 0.805. The van der Waals surface area contributed by atoms with Crippen molar-refractivity contribution in [1.29, 1.82) is 0 Å². The molecule has 5 heteroatoms. The molecule has 1 saturated carbocycles. The Labute approximate surface area is 112 Å². The largest absolute Gasteiger partial charge is 0.330 e. The fourth-order valence-electron chi connectivity index (χ4n) is 2.44. The average Bonchev–Trinajstić information content (AvgIpc) is 2.98. The SMILES string of the molecule is CCC1CC1n1c(=S)[nH]c2cc(F)c(Br)cc21. The smallest absolute Gasteiger partial charge is 0.178 e. The second-order valence-electron chi connectivity index (χ2n) is 4.55. The standard InChI is InChI=1S/C12H12BrFN2S/c1-2-6-3-10(6)16-11-4-7(13)8(14)5-9(11)15-12(16)17/h4-6,10H,2-3H2,1H3,(H,15,17). The van der Waals surface area contributed by atoms with Gasteiger partial charge in [-0.3, -0.25) is 0 Å². The molecule has 3 rings (SSSR count). The number of nitrogens with zero attached hydrogens (tertiary/aromatic N) is 1. The molecule has 2 nitrogen and oxygen atoms in total. The maximum Gasteiger partial charge on any atom is 0.178 e. The van der Waals surface area contributed by atoms with Gasteiger partial charge in [0.2, 0.25) is 0 Å². The van der Waals surface area contributed by atoms with E-state index in [2.05, 4.69) is 32.4 Å². The van der Waals surface area contributed by atoms with Crippen molar-refractivity contribution < 1.29 is 4.39 Å². The summed E-state index contributed by atoms with van der Waals surface area (Å²) >= 11 is 8.55. The molecule has 2 atom stereocenters. The molecule has 0 radical (unpaired) electrons. The molecular weight excluding hydrogens is 303 g/mol. The zero-order valence-electron chi connectivity index (χ0n) is 9.34. The summed E-state index contributed by atoms with van der Waals surface area (Å²) in [4.78, 5) is 3.08. The lowest BCUT2D eigenvalue weighted by Gasteiger charge is -2.03. The van der Waals surface area contributed by atoms with Crippen LogP contribution in [-0.4, -0.2) is 9.55 Å². The summed E-state index contributed by atoms with van der Waals surface area (Å²) in [5.41, 5.74) is 1.77. The second-order valence-corrected chi connectivity index (χ2v) is 5.80. The number of nitrogens with one attached hydrogen (secondary N) is 1. The monoisotopic (exact) mass is 314 g/mol. The number of halogens is 2. The van der Waals surface area contributed by atoms with Crippen LogP contribution in [0.15, 0.2) is 16.6 Å². The summed E-state index contributed by atoms with van der Waals surface area (Å²) in [6, 6.07) is 3.79. The molecule has 1 aliphatic rings. The lowest BCUT2D eigenvalue weighted by molar-refractivity contribution is 0.622. The highest BCUT2D eigenvalue weighted by molar-refractivity contribution is 9.10. The number of benzene rings is 1. The molecule has 1 aromatic heterocycles. The maximum atomic E-state index is 13.4. The van der Waals surface area contributed by atoms with E-state index in [0.29, 0.717) is 21.2 Å². The van der Waals surface area contributed by atoms with Crippen LogP contribution in [0.4, 0.5) is 4.39 Å². The topological polar surface area (TPSA) is 20.7 Å². The van der Waals surface area contributed by atoms with E-state index in [4.69, 9.17) is 12.2 Å². The van der Waals surface area contributed by atoms with Crippen molar-refractivity contribution in [2.24, 2.45) is 5.92 Å². The summed E-state index contributed by atoms with van der Waals surface area (Å²) in [5, 5.41) is 0. The fourth-order valence-corrected chi connectivity index (χ4v) is 3.11. The molecule has 0 spiro atoms. The highest BCUT2D eigenvalue weighted by Crippen LogP contribution is 2.47. The number of aromatic nitrogens is 2. The van der Waals surface area contributed by atoms with E-state index in [9.17, 15) is 4.39 Å². The molecule has 0 bridgehead atoms. The summed E-state index contributed by atoms with van der Waals surface area (Å²) in [7, 11) is 0. The normalized spacial score (nSPS) is 23.2. The van der Waals surface area contributed by atoms with Gasteiger partial charge in [0.1, 0.15) is 5.82 Å². The molecule has 1 N–H and O–H groups in total. The Kier molecular flexibility index (Phi) is 2.63. The van der Waals surface area contributed by atoms with Crippen LogP contribution in [0.3, 0.4) is 0 Å². The van der Waals surface area contributed by atoms with Gasteiger partial charge in [-0.25, -0.2) is 4.39 Å². The van der Waals surface area contributed by atoms with Crippen LogP contribution in [-0.2, 0) is 0 Å². The predicted molar refractivity (Wildman–Crippen MR) is 72.2 cm³/mol. The molecule has 1 heterocycles. The molecule has 0 amide bonds. The highest BCUT2D eigenvalue weighted by atomic mass is 79.9. The van der Waals surface area contributed by atoms with Crippen LogP contribution in [0.2, 0.25) is 0 Å². The molecule has 0 saturated heterocycles. The van der Waals surface area contributed by atoms with Gasteiger partial charge in [-0.1, -0.05) is 13.3 Å². The lowest BCUT2D eigenvalue weighted by atomic mass is 10.3. The Morgan fingerprint density at radius 3 is 3.00 bits per heavy atom. The molecule has 2 aromatic rings. The Morgan fingerprint density at radius 2 is 2.35 bits per heavy atom. The number of hydrogen-bond acceptors (Lipinski definition) is 1. The molecule has 17 heavy (non-hydrogen) atoms. The molecule has 1 aromatic carbocycles. The van der Waals surface area contributed by atoms with Gasteiger partial charge in [0.15, 0.2) is 4.77 Å². The van der Waals surface area contributed by atoms with Crippen LogP contribution in [0.1, 0.15) is 25.8 Å². The van der Waals surface area contributed by atoms with Gasteiger partial charge in [0.25, 0.3) is 0 Å². The van der Waals surface area contributed by atoms with Gasteiger partial charge in [-0.15, -0.1) is 0 Å². The Bertz CT molecular complexity index is 646. The first-order chi connectivity index (χ1) is 8.11. The number of aromatic amines is 1. The van der Waals surface area contributed by atoms with Gasteiger partial charge in [-0.2, -0.15) is 0 Å². The number of H-pyrrole nitrogens is 1. The van der Waals surface area contributed by atoms with Crippen LogP contribution in [0.25, 0.3) is 11.0 Å². The summed E-state index contributed by atoms with van der Waals surface area (Å²) in [6.45, 7) is 2.19. The maximum absolute atomic E-state index is 13.4. The minimum Gasteiger partial charge on any atom is -0.330 e. The Balaban J connectivity index is 2.21. The minimum atomic E-state index is -0.260. The van der Waals surface area contributed by atoms with Gasteiger partial charge < -0.3 is 9.55 Å². The van der Waals surface area contributed by atoms with E-state index in [0.717, 1.165) is 11.0 Å². The van der Waals surface area contributed by atoms with Gasteiger partial charge in [0, 0.05) is 12.1 Å². The first kappa shape index (κ1) is 11.4. The molecule has 90 valence electrons. The number of hydrogen-bond donors (Lipinski definition) is 1. The summed E-state index contributed by atoms with van der Waals surface area (Å²) in [6.07, 6.45) is 2.34. The van der Waals surface area contributed by atoms with E-state index in [-0.39, 0.29) is 5.82 Å². The Morgan fingerprint density at radius 1 is 1.59 bits per heavy atom. The van der Waals surface area contributed by atoms with Crippen LogP contribution < -0.4 is 0 Å². The molecule has 0 aliphatic heterocycles. The lowest BCUT2D eigenvalue weighted by Crippen LogP contribution is -1.96. The first-order valence-corrected chi connectivity index (χ1v) is 6.91. The number of imidazole rings is 1. The second kappa shape index (κ2) is 3.92. The van der Waals surface area contributed by atoms with E-state index in [1.165, 1.54) is 18.9 Å². The van der Waals surface area contributed by atoms with Crippen molar-refractivity contribution in [2.75, 3.05) is 0 Å². The zero-order chi connectivity index (χ0) is 12.2. The van der Waals surface area contributed by atoms with Crippen molar-refractivity contribution in [3.63, 3.8) is 0 Å². The third-order valence-electron chi connectivity index (χ3n) is 3.50. The molecule has 2 unspecified atom stereocenters. The Hall–Kier alpha value is -0.680. The molecule has 1 fully saturated rings. The van der Waals surface area contributed by atoms with E-state index in [1.54, 1.807) is 0 Å². The molecule has 1 aliphatic carbocycles. The molecular formula is C12H12BrFN2S. The van der Waals surface area contributed by atoms with Gasteiger partial charge in [-0.05, 0) is 46.6 Å². The summed E-state index contributed by atoms with van der Waals surface area (Å²) < 4.78 is 16.7. The van der Waals surface area contributed by atoms with Crippen LogP contribution in [0, 0.1) is 16.5 Å². The van der Waals surface area contributed by atoms with Crippen LogP contribution in [0.5, 0.6) is 0 Å². The van der Waals surface area contributed by atoms with Crippen LogP contribution >= 0.6 is 28.1 Å². The summed E-state index contributed by atoms with van der Waals surface area (Å²) in [5.74, 6) is 0.452. The third-order valence-corrected chi connectivity index (χ3v) is 4.41. The third kappa shape index (κ3) is 1.76. The fraction of sp³-hybridized carbons (Fsp3) is 0.417. The van der Waals surface area contributed by atoms with Gasteiger partial charge >= 0.3 is 0 Å². The van der Waals surface area contributed by atoms with Crippen molar-refractivity contribution >= 4 is 39.2 Å². The number of rotatable bonds is 2.